The molecule has 1 aliphatic heterocycles. The van der Waals surface area contributed by atoms with Crippen molar-refractivity contribution in [1.82, 2.24) is 19.8 Å². The molecule has 0 saturated carbocycles. The largest absolute Gasteiger partial charge is 0.508 e. The van der Waals surface area contributed by atoms with Gasteiger partial charge in [-0.3, -0.25) is 0 Å². The van der Waals surface area contributed by atoms with Gasteiger partial charge in [0, 0.05) is 13.0 Å². The van der Waals surface area contributed by atoms with Crippen molar-refractivity contribution in [3.63, 3.8) is 0 Å². The summed E-state index contributed by atoms with van der Waals surface area (Å²) in [7, 11) is 0. The van der Waals surface area contributed by atoms with Gasteiger partial charge in [-0.1, -0.05) is 23.5 Å². The molecule has 3 aromatic rings. The van der Waals surface area contributed by atoms with E-state index in [0.29, 0.717) is 0 Å². The fourth-order valence-corrected chi connectivity index (χ4v) is 3.39. The zero-order valence-corrected chi connectivity index (χ0v) is 12.1. The SMILES string of the molecule is Oc1ccc(Cc2nn3c(C4CCCO4)nnc3s2)cc1. The Morgan fingerprint density at radius 3 is 2.90 bits per heavy atom. The Labute approximate surface area is 125 Å². The Morgan fingerprint density at radius 2 is 2.14 bits per heavy atom. The molecule has 6 nitrogen and oxygen atoms in total. The van der Waals surface area contributed by atoms with E-state index in [0.717, 1.165) is 47.2 Å². The number of phenols is 1. The van der Waals surface area contributed by atoms with E-state index in [4.69, 9.17) is 4.74 Å². The second kappa shape index (κ2) is 5.09. The van der Waals surface area contributed by atoms with Gasteiger partial charge >= 0.3 is 0 Å². The fraction of sp³-hybridized carbons (Fsp3) is 0.357. The van der Waals surface area contributed by atoms with Crippen LogP contribution in [0.1, 0.15) is 35.3 Å². The van der Waals surface area contributed by atoms with E-state index < -0.39 is 0 Å². The Kier molecular flexibility index (Phi) is 3.08. The summed E-state index contributed by atoms with van der Waals surface area (Å²) in [4.78, 5) is 0.800. The third kappa shape index (κ3) is 2.38. The lowest BCUT2D eigenvalue weighted by Gasteiger charge is -2.04. The van der Waals surface area contributed by atoms with Crippen LogP contribution >= 0.6 is 11.3 Å². The number of aromatic nitrogens is 4. The molecule has 0 radical (unpaired) electrons. The molecule has 3 heterocycles. The minimum absolute atomic E-state index is 0.0172. The average molecular weight is 302 g/mol. The summed E-state index contributed by atoms with van der Waals surface area (Å²) in [5.74, 6) is 1.08. The number of benzene rings is 1. The van der Waals surface area contributed by atoms with Crippen LogP contribution in [0, 0.1) is 0 Å². The van der Waals surface area contributed by atoms with Crippen molar-refractivity contribution in [3.8, 4) is 5.75 Å². The molecule has 4 rings (SSSR count). The lowest BCUT2D eigenvalue weighted by Crippen LogP contribution is -2.04. The van der Waals surface area contributed by atoms with Gasteiger partial charge in [0.2, 0.25) is 4.96 Å². The van der Waals surface area contributed by atoms with Crippen molar-refractivity contribution in [3.05, 3.63) is 40.7 Å². The molecule has 2 aromatic heterocycles. The normalized spacial score (nSPS) is 18.6. The highest BCUT2D eigenvalue weighted by Crippen LogP contribution is 2.28. The number of hydrogen-bond donors (Lipinski definition) is 1. The first-order valence-corrected chi connectivity index (χ1v) is 7.72. The van der Waals surface area contributed by atoms with Gasteiger partial charge in [0.25, 0.3) is 0 Å². The van der Waals surface area contributed by atoms with Gasteiger partial charge in [-0.05, 0) is 30.5 Å². The molecule has 21 heavy (non-hydrogen) atoms. The van der Waals surface area contributed by atoms with Gasteiger partial charge in [-0.25, -0.2) is 0 Å². The molecular weight excluding hydrogens is 288 g/mol. The molecule has 1 atom stereocenters. The van der Waals surface area contributed by atoms with E-state index in [2.05, 4.69) is 15.3 Å². The summed E-state index contributed by atoms with van der Waals surface area (Å²) in [6.07, 6.45) is 2.78. The molecule has 1 fully saturated rings. The molecule has 1 aliphatic rings. The van der Waals surface area contributed by atoms with Gasteiger partial charge in [-0.2, -0.15) is 9.61 Å². The Balaban J connectivity index is 1.63. The van der Waals surface area contributed by atoms with Crippen molar-refractivity contribution >= 4 is 16.3 Å². The highest BCUT2D eigenvalue weighted by molar-refractivity contribution is 7.16. The minimum Gasteiger partial charge on any atom is -0.508 e. The van der Waals surface area contributed by atoms with Crippen molar-refractivity contribution in [2.75, 3.05) is 6.61 Å². The maximum Gasteiger partial charge on any atom is 0.234 e. The van der Waals surface area contributed by atoms with Crippen LogP contribution in [0.25, 0.3) is 4.96 Å². The maximum absolute atomic E-state index is 9.31. The van der Waals surface area contributed by atoms with E-state index in [1.807, 2.05) is 12.1 Å². The summed E-state index contributed by atoms with van der Waals surface area (Å²) in [6.45, 7) is 0.782. The third-order valence-electron chi connectivity index (χ3n) is 3.57. The standard InChI is InChI=1S/C14H14N4O2S/c19-10-5-3-9(4-6-10)8-12-17-18-13(11-2-1-7-20-11)15-16-14(18)21-12/h3-6,11,19H,1-2,7-8H2. The molecule has 7 heteroatoms. The number of rotatable bonds is 3. The summed E-state index contributed by atoms with van der Waals surface area (Å²) in [5.41, 5.74) is 1.11. The van der Waals surface area contributed by atoms with Gasteiger partial charge < -0.3 is 9.84 Å². The van der Waals surface area contributed by atoms with Crippen LogP contribution < -0.4 is 0 Å². The summed E-state index contributed by atoms with van der Waals surface area (Å²) in [5, 5.41) is 23.3. The second-order valence-electron chi connectivity index (χ2n) is 5.09. The highest BCUT2D eigenvalue weighted by Gasteiger charge is 2.24. The summed E-state index contributed by atoms with van der Waals surface area (Å²) >= 11 is 1.54. The zero-order valence-electron chi connectivity index (χ0n) is 11.3. The predicted molar refractivity (Wildman–Crippen MR) is 77.5 cm³/mol. The molecule has 108 valence electrons. The lowest BCUT2D eigenvalue weighted by molar-refractivity contribution is 0.103. The van der Waals surface area contributed by atoms with Crippen LogP contribution in [-0.2, 0) is 11.2 Å². The van der Waals surface area contributed by atoms with Crippen LogP contribution in [0.4, 0.5) is 0 Å². The fourth-order valence-electron chi connectivity index (χ4n) is 2.51. The number of nitrogens with zero attached hydrogens (tertiary/aromatic N) is 4. The van der Waals surface area contributed by atoms with E-state index in [1.54, 1.807) is 16.6 Å². The smallest absolute Gasteiger partial charge is 0.234 e. The van der Waals surface area contributed by atoms with Crippen LogP contribution in [0.2, 0.25) is 0 Å². The lowest BCUT2D eigenvalue weighted by atomic mass is 10.1. The second-order valence-corrected chi connectivity index (χ2v) is 6.13. The maximum atomic E-state index is 9.31. The molecule has 1 N–H and O–H groups in total. The molecular formula is C14H14N4O2S. The first kappa shape index (κ1) is 12.7. The van der Waals surface area contributed by atoms with Crippen LogP contribution in [0.3, 0.4) is 0 Å². The average Bonchev–Trinajstić information content (AvgIpc) is 3.17. The first-order chi connectivity index (χ1) is 10.3. The van der Waals surface area contributed by atoms with Gasteiger partial charge in [0.15, 0.2) is 5.82 Å². The van der Waals surface area contributed by atoms with E-state index in [-0.39, 0.29) is 11.9 Å². The van der Waals surface area contributed by atoms with E-state index in [1.165, 1.54) is 11.3 Å². The Morgan fingerprint density at radius 1 is 1.29 bits per heavy atom. The van der Waals surface area contributed by atoms with Crippen molar-refractivity contribution in [2.24, 2.45) is 0 Å². The summed E-state index contributed by atoms with van der Waals surface area (Å²) in [6, 6.07) is 7.18. The van der Waals surface area contributed by atoms with Gasteiger partial charge in [0.1, 0.15) is 16.9 Å². The first-order valence-electron chi connectivity index (χ1n) is 6.90. The highest BCUT2D eigenvalue weighted by atomic mass is 32.1. The molecule has 0 spiro atoms. The molecule has 1 aromatic carbocycles. The number of hydrogen-bond acceptors (Lipinski definition) is 6. The van der Waals surface area contributed by atoms with Crippen LogP contribution in [0.5, 0.6) is 5.75 Å². The van der Waals surface area contributed by atoms with Crippen molar-refractivity contribution in [2.45, 2.75) is 25.4 Å². The number of fused-ring (bicyclic) bond motifs is 1. The molecule has 0 aliphatic carbocycles. The molecule has 0 bridgehead atoms. The van der Waals surface area contributed by atoms with Crippen LogP contribution in [0.15, 0.2) is 24.3 Å². The van der Waals surface area contributed by atoms with E-state index in [9.17, 15) is 5.11 Å². The molecule has 1 saturated heterocycles. The van der Waals surface area contributed by atoms with Crippen molar-refractivity contribution in [1.29, 1.82) is 0 Å². The topological polar surface area (TPSA) is 72.5 Å². The van der Waals surface area contributed by atoms with Crippen molar-refractivity contribution < 1.29 is 9.84 Å². The Bertz CT molecular complexity index is 759. The van der Waals surface area contributed by atoms with Gasteiger partial charge in [-0.15, -0.1) is 10.2 Å². The monoisotopic (exact) mass is 302 g/mol. The Hall–Kier alpha value is -1.99. The van der Waals surface area contributed by atoms with E-state index >= 15 is 0 Å². The predicted octanol–water partition coefficient (Wildman–Crippen LogP) is 2.33. The molecule has 1 unspecified atom stereocenters. The van der Waals surface area contributed by atoms with Gasteiger partial charge in [0.05, 0.1) is 0 Å². The third-order valence-corrected chi connectivity index (χ3v) is 4.46. The quantitative estimate of drug-likeness (QED) is 0.804. The number of aromatic hydroxyl groups is 1. The molecule has 0 amide bonds. The number of phenolic OH excluding ortho intramolecular Hbond substituents is 1. The summed E-state index contributed by atoms with van der Waals surface area (Å²) < 4.78 is 7.46. The number of ether oxygens (including phenoxy) is 1. The van der Waals surface area contributed by atoms with Crippen LogP contribution in [-0.4, -0.2) is 31.5 Å². The zero-order chi connectivity index (χ0) is 14.2. The minimum atomic E-state index is 0.0172.